The zero-order valence-corrected chi connectivity index (χ0v) is 8.27. The number of carbonyl (C=O) groups excluding carboxylic acids is 1. The average Bonchev–Trinajstić information content (AvgIpc) is 2.41. The van der Waals surface area contributed by atoms with Gasteiger partial charge in [-0.1, -0.05) is 0 Å². The van der Waals surface area contributed by atoms with Crippen molar-refractivity contribution in [2.75, 3.05) is 0 Å². The molecule has 1 N–H and O–H groups in total. The Hall–Kier alpha value is -0.890. The minimum atomic E-state index is -0.864. The highest BCUT2D eigenvalue weighted by atomic mass is 16.8. The van der Waals surface area contributed by atoms with Crippen molar-refractivity contribution >= 4 is 6.29 Å². The molecular weight excluding hydrogens is 184 g/mol. The van der Waals surface area contributed by atoms with E-state index in [1.165, 1.54) is 0 Å². The standard InChI is InChI=1S/C10H14O4/c1-4-5-7(12)9-8(6-11)13-10(2,3)14-9/h1,6-9,12H,5H2,2-3H3/t7-,8-,9-/m0/s1. The third-order valence-electron chi connectivity index (χ3n) is 2.00. The van der Waals surface area contributed by atoms with Gasteiger partial charge in [0.2, 0.25) is 0 Å². The van der Waals surface area contributed by atoms with Crippen LogP contribution in [0.3, 0.4) is 0 Å². The quantitative estimate of drug-likeness (QED) is 0.516. The third kappa shape index (κ3) is 2.32. The number of aliphatic hydroxyl groups is 1. The summed E-state index contributed by atoms with van der Waals surface area (Å²) in [6.07, 6.45) is 3.55. The maximum atomic E-state index is 10.6. The highest BCUT2D eigenvalue weighted by Crippen LogP contribution is 2.29. The van der Waals surface area contributed by atoms with Crippen molar-refractivity contribution in [3.63, 3.8) is 0 Å². The third-order valence-corrected chi connectivity index (χ3v) is 2.00. The smallest absolute Gasteiger partial charge is 0.164 e. The second-order valence-corrected chi connectivity index (χ2v) is 3.68. The van der Waals surface area contributed by atoms with Crippen LogP contribution in [-0.2, 0) is 14.3 Å². The summed E-state index contributed by atoms with van der Waals surface area (Å²) in [4.78, 5) is 10.6. The molecule has 0 aromatic rings. The van der Waals surface area contributed by atoms with Gasteiger partial charge in [-0.2, -0.15) is 0 Å². The molecule has 78 valence electrons. The van der Waals surface area contributed by atoms with E-state index in [1.807, 2.05) is 0 Å². The van der Waals surface area contributed by atoms with Gasteiger partial charge in [-0.25, -0.2) is 0 Å². The Kier molecular flexibility index (Phi) is 3.27. The van der Waals surface area contributed by atoms with Gasteiger partial charge in [0.15, 0.2) is 12.1 Å². The van der Waals surface area contributed by atoms with Crippen LogP contribution < -0.4 is 0 Å². The van der Waals surface area contributed by atoms with Gasteiger partial charge in [-0.3, -0.25) is 0 Å². The summed E-state index contributed by atoms with van der Waals surface area (Å²) in [7, 11) is 0. The molecule has 14 heavy (non-hydrogen) atoms. The Morgan fingerprint density at radius 2 is 2.29 bits per heavy atom. The summed E-state index contributed by atoms with van der Waals surface area (Å²) in [5.74, 6) is 1.47. The molecule has 0 aromatic carbocycles. The Balaban J connectivity index is 2.69. The van der Waals surface area contributed by atoms with Crippen LogP contribution in [0.1, 0.15) is 20.3 Å². The Labute approximate surface area is 83.2 Å². The van der Waals surface area contributed by atoms with Crippen molar-refractivity contribution < 1.29 is 19.4 Å². The molecule has 3 atom stereocenters. The Bertz CT molecular complexity index is 253. The van der Waals surface area contributed by atoms with Crippen LogP contribution in [0.25, 0.3) is 0 Å². The van der Waals surface area contributed by atoms with Gasteiger partial charge < -0.3 is 19.4 Å². The lowest BCUT2D eigenvalue weighted by molar-refractivity contribution is -0.156. The molecule has 4 nitrogen and oxygen atoms in total. The van der Waals surface area contributed by atoms with Crippen LogP contribution in [0.4, 0.5) is 0 Å². The molecule has 1 rings (SSSR count). The predicted molar refractivity (Wildman–Crippen MR) is 49.3 cm³/mol. The van der Waals surface area contributed by atoms with Crippen LogP contribution >= 0.6 is 0 Å². The molecule has 0 spiro atoms. The van der Waals surface area contributed by atoms with E-state index in [0.717, 1.165) is 0 Å². The van der Waals surface area contributed by atoms with Crippen LogP contribution in [0.15, 0.2) is 0 Å². The van der Waals surface area contributed by atoms with Gasteiger partial charge in [0.1, 0.15) is 12.2 Å². The predicted octanol–water partition coefficient (Wildman–Crippen LogP) is 0.0896. The summed E-state index contributed by atoms with van der Waals surface area (Å²) in [5, 5.41) is 9.58. The van der Waals surface area contributed by atoms with Gasteiger partial charge in [0.05, 0.1) is 6.10 Å². The molecule has 1 fully saturated rings. The minimum Gasteiger partial charge on any atom is -0.389 e. The second kappa shape index (κ2) is 4.09. The number of aliphatic hydroxyl groups excluding tert-OH is 1. The molecule has 0 aromatic heterocycles. The van der Waals surface area contributed by atoms with E-state index in [2.05, 4.69) is 5.92 Å². The molecule has 0 saturated carbocycles. The lowest BCUT2D eigenvalue weighted by Gasteiger charge is -2.19. The number of aldehydes is 1. The number of hydrogen-bond donors (Lipinski definition) is 1. The summed E-state index contributed by atoms with van der Waals surface area (Å²) in [5.41, 5.74) is 0. The van der Waals surface area contributed by atoms with E-state index in [4.69, 9.17) is 15.9 Å². The topological polar surface area (TPSA) is 55.8 Å². The summed E-state index contributed by atoms with van der Waals surface area (Å²) >= 11 is 0. The van der Waals surface area contributed by atoms with Gasteiger partial charge in [0.25, 0.3) is 0 Å². The van der Waals surface area contributed by atoms with E-state index in [1.54, 1.807) is 13.8 Å². The molecule has 1 aliphatic heterocycles. The van der Waals surface area contributed by atoms with E-state index in [9.17, 15) is 9.90 Å². The molecular formula is C10H14O4. The van der Waals surface area contributed by atoms with Crippen LogP contribution in [-0.4, -0.2) is 35.5 Å². The molecule has 4 heteroatoms. The SMILES string of the molecule is C#CC[C@H](O)[C@@H]1OC(C)(C)O[C@H]1C=O. The van der Waals surface area contributed by atoms with Gasteiger partial charge in [-0.05, 0) is 13.8 Å². The monoisotopic (exact) mass is 198 g/mol. The first-order chi connectivity index (χ1) is 6.50. The molecule has 0 unspecified atom stereocenters. The molecule has 0 aliphatic carbocycles. The largest absolute Gasteiger partial charge is 0.389 e. The first-order valence-electron chi connectivity index (χ1n) is 4.42. The van der Waals surface area contributed by atoms with Crippen molar-refractivity contribution in [1.82, 2.24) is 0 Å². The average molecular weight is 198 g/mol. The highest BCUT2D eigenvalue weighted by molar-refractivity contribution is 5.58. The molecule has 1 aliphatic rings. The summed E-state index contributed by atoms with van der Waals surface area (Å²) < 4.78 is 10.6. The van der Waals surface area contributed by atoms with Crippen LogP contribution in [0, 0.1) is 12.3 Å². The Morgan fingerprint density at radius 3 is 2.79 bits per heavy atom. The number of terminal acetylenes is 1. The number of carbonyl (C=O) groups is 1. The van der Waals surface area contributed by atoms with E-state index in [-0.39, 0.29) is 6.42 Å². The maximum absolute atomic E-state index is 10.6. The summed E-state index contributed by atoms with van der Waals surface area (Å²) in [6, 6.07) is 0. The van der Waals surface area contributed by atoms with Crippen LogP contribution in [0.2, 0.25) is 0 Å². The van der Waals surface area contributed by atoms with Crippen molar-refractivity contribution in [2.24, 2.45) is 0 Å². The van der Waals surface area contributed by atoms with Gasteiger partial charge in [0, 0.05) is 6.42 Å². The van der Waals surface area contributed by atoms with Crippen molar-refractivity contribution in [1.29, 1.82) is 0 Å². The van der Waals surface area contributed by atoms with E-state index < -0.39 is 24.1 Å². The fraction of sp³-hybridized carbons (Fsp3) is 0.700. The van der Waals surface area contributed by atoms with Crippen molar-refractivity contribution in [3.05, 3.63) is 0 Å². The molecule has 0 radical (unpaired) electrons. The first-order valence-corrected chi connectivity index (χ1v) is 4.42. The zero-order chi connectivity index (χ0) is 10.8. The molecule has 1 saturated heterocycles. The molecule has 0 bridgehead atoms. The molecule has 0 amide bonds. The number of ether oxygens (including phenoxy) is 2. The highest BCUT2D eigenvalue weighted by Gasteiger charge is 2.44. The Morgan fingerprint density at radius 1 is 1.64 bits per heavy atom. The van der Waals surface area contributed by atoms with Gasteiger partial charge in [-0.15, -0.1) is 12.3 Å². The van der Waals surface area contributed by atoms with Gasteiger partial charge >= 0.3 is 0 Å². The number of rotatable bonds is 3. The normalized spacial score (nSPS) is 32.1. The van der Waals surface area contributed by atoms with Crippen LogP contribution in [0.5, 0.6) is 0 Å². The minimum absolute atomic E-state index is 0.147. The van der Waals surface area contributed by atoms with E-state index >= 15 is 0 Å². The second-order valence-electron chi connectivity index (χ2n) is 3.68. The fourth-order valence-electron chi connectivity index (χ4n) is 1.46. The van der Waals surface area contributed by atoms with Crippen molar-refractivity contribution in [3.8, 4) is 12.3 Å². The molecule has 1 heterocycles. The lowest BCUT2D eigenvalue weighted by Crippen LogP contribution is -2.35. The van der Waals surface area contributed by atoms with E-state index in [0.29, 0.717) is 6.29 Å². The maximum Gasteiger partial charge on any atom is 0.164 e. The summed E-state index contributed by atoms with van der Waals surface area (Å²) in [6.45, 7) is 3.37. The lowest BCUT2D eigenvalue weighted by atomic mass is 10.1. The zero-order valence-electron chi connectivity index (χ0n) is 8.27. The number of hydrogen-bond acceptors (Lipinski definition) is 4. The fourth-order valence-corrected chi connectivity index (χ4v) is 1.46. The first kappa shape index (κ1) is 11.2. The van der Waals surface area contributed by atoms with Crippen molar-refractivity contribution in [2.45, 2.75) is 44.4 Å².